The SMILES string of the molecule is C.CCCCC#Cc1ccc2c3c(cccc13)C(=O)N(OS(C)(=O)=O)C2=O.CCCCC#Cc1ccc2c3c(cccc13)C(=O)N(OS(C)(=O)=O)C2=O. The smallest absolute Gasteiger partial charge is 0.266 e. The highest BCUT2D eigenvalue weighted by Gasteiger charge is 2.38. The molecule has 2 aliphatic rings. The molecule has 12 nitrogen and oxygen atoms in total. The summed E-state index contributed by atoms with van der Waals surface area (Å²) in [5, 5.41) is 2.89. The molecule has 4 aromatic carbocycles. The summed E-state index contributed by atoms with van der Waals surface area (Å²) in [5.74, 6) is 9.13. The zero-order chi connectivity index (χ0) is 37.8. The molecular formula is C39H38N2O10S2. The Morgan fingerprint density at radius 1 is 0.547 bits per heavy atom. The quantitative estimate of drug-likeness (QED) is 0.112. The van der Waals surface area contributed by atoms with E-state index in [4.69, 9.17) is 0 Å². The summed E-state index contributed by atoms with van der Waals surface area (Å²) in [6, 6.07) is 16.5. The molecule has 0 radical (unpaired) electrons. The van der Waals surface area contributed by atoms with E-state index >= 15 is 0 Å². The molecule has 6 rings (SSSR count). The summed E-state index contributed by atoms with van der Waals surface area (Å²) in [4.78, 5) is 50.3. The van der Waals surface area contributed by atoms with Crippen molar-refractivity contribution in [2.45, 2.75) is 59.8 Å². The predicted molar refractivity (Wildman–Crippen MR) is 200 cm³/mol. The lowest BCUT2D eigenvalue weighted by Crippen LogP contribution is -2.41. The number of carbonyl (C=O) groups is 4. The second-order valence-corrected chi connectivity index (χ2v) is 15.1. The number of benzene rings is 4. The van der Waals surface area contributed by atoms with Crippen LogP contribution in [0.3, 0.4) is 0 Å². The second-order valence-electron chi connectivity index (χ2n) is 12.0. The minimum absolute atomic E-state index is 0. The van der Waals surface area contributed by atoms with Crippen molar-refractivity contribution in [3.63, 3.8) is 0 Å². The lowest BCUT2D eigenvalue weighted by atomic mass is 9.92. The van der Waals surface area contributed by atoms with E-state index in [9.17, 15) is 36.0 Å². The van der Waals surface area contributed by atoms with E-state index in [0.717, 1.165) is 62.2 Å². The second kappa shape index (κ2) is 16.5. The Balaban J connectivity index is 0.000000232. The van der Waals surface area contributed by atoms with Gasteiger partial charge in [-0.3, -0.25) is 19.2 Å². The molecule has 0 saturated carbocycles. The summed E-state index contributed by atoms with van der Waals surface area (Å²) in [6.45, 7) is 4.18. The minimum atomic E-state index is -4.02. The number of hydroxylamine groups is 4. The number of unbranched alkanes of at least 4 members (excludes halogenated alkanes) is 4. The average molecular weight is 759 g/mol. The Kier molecular flexibility index (Phi) is 12.6. The Bertz CT molecular complexity index is 2280. The van der Waals surface area contributed by atoms with Gasteiger partial charge in [-0.1, -0.05) is 82.1 Å². The minimum Gasteiger partial charge on any atom is -0.266 e. The van der Waals surface area contributed by atoms with Crippen LogP contribution in [0.25, 0.3) is 21.5 Å². The predicted octanol–water partition coefficient (Wildman–Crippen LogP) is 6.37. The molecule has 53 heavy (non-hydrogen) atoms. The van der Waals surface area contributed by atoms with Crippen LogP contribution in [0.1, 0.15) is 112 Å². The third-order valence-corrected chi connectivity index (χ3v) is 8.76. The molecule has 0 aromatic heterocycles. The van der Waals surface area contributed by atoms with Gasteiger partial charge in [0.1, 0.15) is 0 Å². The molecule has 0 N–H and O–H groups in total. The van der Waals surface area contributed by atoms with Crippen LogP contribution in [0.15, 0.2) is 60.7 Å². The summed E-state index contributed by atoms with van der Waals surface area (Å²) in [6.07, 6.45) is 7.21. The van der Waals surface area contributed by atoms with Gasteiger partial charge in [0.25, 0.3) is 43.9 Å². The molecule has 2 heterocycles. The van der Waals surface area contributed by atoms with Crippen molar-refractivity contribution < 1.29 is 44.6 Å². The molecule has 0 aliphatic carbocycles. The van der Waals surface area contributed by atoms with Crippen molar-refractivity contribution >= 4 is 65.4 Å². The highest BCUT2D eigenvalue weighted by atomic mass is 32.2. The Morgan fingerprint density at radius 3 is 1.21 bits per heavy atom. The van der Waals surface area contributed by atoms with Crippen LogP contribution in [0, 0.1) is 23.7 Å². The van der Waals surface area contributed by atoms with E-state index in [1.807, 2.05) is 0 Å². The fraction of sp³-hybridized carbons (Fsp3) is 0.282. The zero-order valence-electron chi connectivity index (χ0n) is 28.8. The molecule has 4 aromatic rings. The molecular weight excluding hydrogens is 721 g/mol. The molecule has 0 bridgehead atoms. The molecule has 0 atom stereocenters. The lowest BCUT2D eigenvalue weighted by Gasteiger charge is -2.25. The van der Waals surface area contributed by atoms with Gasteiger partial charge >= 0.3 is 0 Å². The van der Waals surface area contributed by atoms with E-state index in [2.05, 4.69) is 46.1 Å². The van der Waals surface area contributed by atoms with Gasteiger partial charge in [0.15, 0.2) is 0 Å². The van der Waals surface area contributed by atoms with Gasteiger partial charge in [-0.2, -0.15) is 16.8 Å². The van der Waals surface area contributed by atoms with Gasteiger partial charge in [0, 0.05) is 34.7 Å². The van der Waals surface area contributed by atoms with Crippen molar-refractivity contribution in [1.82, 2.24) is 10.1 Å². The number of nitrogens with zero attached hydrogens (tertiary/aromatic N) is 2. The normalized spacial score (nSPS) is 13.4. The fourth-order valence-corrected chi connectivity index (χ4v) is 6.43. The van der Waals surface area contributed by atoms with Crippen molar-refractivity contribution in [1.29, 1.82) is 0 Å². The van der Waals surface area contributed by atoms with Crippen LogP contribution >= 0.6 is 0 Å². The third-order valence-electron chi connectivity index (χ3n) is 7.92. The first kappa shape index (κ1) is 40.4. The molecule has 276 valence electrons. The summed E-state index contributed by atoms with van der Waals surface area (Å²) >= 11 is 0. The van der Waals surface area contributed by atoms with Crippen LogP contribution in [0.2, 0.25) is 0 Å². The Morgan fingerprint density at radius 2 is 0.887 bits per heavy atom. The van der Waals surface area contributed by atoms with Gasteiger partial charge < -0.3 is 0 Å². The summed E-state index contributed by atoms with van der Waals surface area (Å²) < 4.78 is 54.7. The van der Waals surface area contributed by atoms with Crippen molar-refractivity contribution in [2.75, 3.05) is 12.5 Å². The van der Waals surface area contributed by atoms with Gasteiger partial charge in [-0.25, -0.2) is 0 Å². The molecule has 0 saturated heterocycles. The van der Waals surface area contributed by atoms with E-state index in [-0.39, 0.29) is 29.7 Å². The largest absolute Gasteiger partial charge is 0.286 e. The van der Waals surface area contributed by atoms with Crippen LogP contribution in [0.5, 0.6) is 0 Å². The van der Waals surface area contributed by atoms with Crippen molar-refractivity contribution in [2.24, 2.45) is 0 Å². The van der Waals surface area contributed by atoms with Crippen LogP contribution in [-0.2, 0) is 28.8 Å². The number of rotatable bonds is 8. The highest BCUT2D eigenvalue weighted by molar-refractivity contribution is 7.86. The first-order valence-corrected chi connectivity index (χ1v) is 20.0. The van der Waals surface area contributed by atoms with Gasteiger partial charge in [0.05, 0.1) is 34.8 Å². The number of carbonyl (C=O) groups excluding carboxylic acids is 4. The van der Waals surface area contributed by atoms with E-state index in [0.29, 0.717) is 31.7 Å². The van der Waals surface area contributed by atoms with Crippen LogP contribution < -0.4 is 0 Å². The van der Waals surface area contributed by atoms with Crippen LogP contribution in [-0.4, -0.2) is 63.1 Å². The zero-order valence-corrected chi connectivity index (χ0v) is 30.4. The van der Waals surface area contributed by atoms with Crippen molar-refractivity contribution in [3.8, 4) is 23.7 Å². The van der Waals surface area contributed by atoms with E-state index in [1.165, 1.54) is 12.1 Å². The van der Waals surface area contributed by atoms with Gasteiger partial charge in [-0.15, -0.1) is 18.7 Å². The number of hydrogen-bond donors (Lipinski definition) is 0. The number of amides is 4. The number of imide groups is 2. The van der Waals surface area contributed by atoms with E-state index < -0.39 is 43.9 Å². The fourth-order valence-electron chi connectivity index (χ4n) is 5.62. The number of hydrogen-bond acceptors (Lipinski definition) is 10. The third kappa shape index (κ3) is 8.81. The van der Waals surface area contributed by atoms with Gasteiger partial charge in [-0.05, 0) is 60.0 Å². The van der Waals surface area contributed by atoms with Gasteiger partial charge in [0.2, 0.25) is 0 Å². The Labute approximate surface area is 309 Å². The lowest BCUT2D eigenvalue weighted by molar-refractivity contribution is -0.0153. The highest BCUT2D eigenvalue weighted by Crippen LogP contribution is 2.34. The summed E-state index contributed by atoms with van der Waals surface area (Å²) in [7, 11) is -8.05. The summed E-state index contributed by atoms with van der Waals surface area (Å²) in [5.41, 5.74) is 2.27. The first-order valence-electron chi connectivity index (χ1n) is 16.3. The standard InChI is InChI=1S/2C19H17NO5S.CH4/c2*1-3-4-5-6-8-13-11-12-16-17-14(13)9-7-10-15(17)18(21)20(19(16)22)25-26(2,23)24;/h2*7,9-12H,3-5H2,1-2H3;1H4. The molecule has 0 spiro atoms. The first-order chi connectivity index (χ1) is 24.7. The Hall–Kier alpha value is -5.38. The maximum atomic E-state index is 12.6. The topological polar surface area (TPSA) is 161 Å². The maximum absolute atomic E-state index is 12.6. The molecule has 2 aliphatic heterocycles. The van der Waals surface area contributed by atoms with E-state index in [1.54, 1.807) is 48.5 Å². The molecule has 14 heteroatoms. The molecule has 4 amide bonds. The van der Waals surface area contributed by atoms with Crippen molar-refractivity contribution in [3.05, 3.63) is 94.0 Å². The monoisotopic (exact) mass is 758 g/mol. The molecule has 0 fully saturated rings. The van der Waals surface area contributed by atoms with Crippen LogP contribution in [0.4, 0.5) is 0 Å². The maximum Gasteiger partial charge on any atom is 0.286 e. The molecule has 0 unspecified atom stereocenters. The average Bonchev–Trinajstić information content (AvgIpc) is 3.10.